The molecule has 0 fully saturated rings. The number of fused-ring (bicyclic) bond motifs is 1. The highest BCUT2D eigenvalue weighted by molar-refractivity contribution is 6.15. The van der Waals surface area contributed by atoms with E-state index in [2.05, 4.69) is 12.1 Å². The zero-order chi connectivity index (χ0) is 23.7. The minimum Gasteiger partial charge on any atom is -0.452 e. The summed E-state index contributed by atoms with van der Waals surface area (Å²) in [5.41, 5.74) is 5.67. The van der Waals surface area contributed by atoms with Gasteiger partial charge in [0.15, 0.2) is 5.76 Å². The molecule has 4 aromatic carbocycles. The maximum atomic E-state index is 12.9. The van der Waals surface area contributed by atoms with Gasteiger partial charge in [-0.3, -0.25) is 4.79 Å². The van der Waals surface area contributed by atoms with E-state index in [1.54, 1.807) is 37.3 Å². The monoisotopic (exact) mass is 446 g/mol. The Balaban J connectivity index is 1.37. The van der Waals surface area contributed by atoms with Crippen molar-refractivity contribution in [3.8, 4) is 22.6 Å². The summed E-state index contributed by atoms with van der Waals surface area (Å²) in [6, 6.07) is 28.5. The highest BCUT2D eigenvalue weighted by Gasteiger charge is 2.30. The predicted molar refractivity (Wildman–Crippen MR) is 132 cm³/mol. The number of hydrogen-bond donors (Lipinski definition) is 0. The van der Waals surface area contributed by atoms with Crippen LogP contribution < -0.4 is 9.47 Å². The molecule has 0 atom stereocenters. The van der Waals surface area contributed by atoms with Gasteiger partial charge >= 0.3 is 5.97 Å². The molecule has 0 unspecified atom stereocenters. The molecule has 1 heterocycles. The van der Waals surface area contributed by atoms with Crippen molar-refractivity contribution in [1.82, 2.24) is 0 Å². The summed E-state index contributed by atoms with van der Waals surface area (Å²) in [6.07, 6.45) is 1.73. The largest absolute Gasteiger partial charge is 0.452 e. The molecule has 5 rings (SSSR count). The van der Waals surface area contributed by atoms with Crippen molar-refractivity contribution >= 4 is 17.8 Å². The topological polar surface area (TPSA) is 52.6 Å². The highest BCUT2D eigenvalue weighted by Crippen LogP contribution is 2.39. The van der Waals surface area contributed by atoms with Crippen molar-refractivity contribution < 1.29 is 19.1 Å². The number of carbonyl (C=O) groups is 2. The Morgan fingerprint density at radius 2 is 1.47 bits per heavy atom. The molecule has 0 spiro atoms. The SMILES string of the molecule is Cc1ccc(C(=O)Oc2ccc3c(c2C)O/C(=C\c2ccc(-c4ccccc4)cc2)C3=O)cc1. The lowest BCUT2D eigenvalue weighted by Gasteiger charge is -2.10. The van der Waals surface area contributed by atoms with Crippen molar-refractivity contribution in [3.05, 3.63) is 125 Å². The zero-order valence-electron chi connectivity index (χ0n) is 18.9. The molecule has 166 valence electrons. The smallest absolute Gasteiger partial charge is 0.343 e. The number of esters is 1. The molecule has 0 bridgehead atoms. The molecular weight excluding hydrogens is 424 g/mol. The molecule has 0 radical (unpaired) electrons. The number of Topliss-reactive ketones (excluding diaryl/α,β-unsaturated/α-hetero) is 1. The van der Waals surface area contributed by atoms with Crippen molar-refractivity contribution in [1.29, 1.82) is 0 Å². The number of ether oxygens (including phenoxy) is 2. The van der Waals surface area contributed by atoms with E-state index in [0.29, 0.717) is 28.2 Å². The van der Waals surface area contributed by atoms with Gasteiger partial charge in [0.25, 0.3) is 0 Å². The first kappa shape index (κ1) is 21.4. The van der Waals surface area contributed by atoms with Gasteiger partial charge in [-0.15, -0.1) is 0 Å². The van der Waals surface area contributed by atoms with Crippen molar-refractivity contribution in [2.24, 2.45) is 0 Å². The summed E-state index contributed by atoms with van der Waals surface area (Å²) < 4.78 is 11.5. The van der Waals surface area contributed by atoms with Gasteiger partial charge in [0.1, 0.15) is 11.5 Å². The van der Waals surface area contributed by atoms with E-state index < -0.39 is 5.97 Å². The lowest BCUT2D eigenvalue weighted by atomic mass is 10.0. The molecule has 0 amide bonds. The summed E-state index contributed by atoms with van der Waals surface area (Å²) in [5, 5.41) is 0. The number of allylic oxidation sites excluding steroid dienone is 1. The molecule has 4 nitrogen and oxygen atoms in total. The van der Waals surface area contributed by atoms with Crippen LogP contribution in [0.25, 0.3) is 17.2 Å². The number of aryl methyl sites for hydroxylation is 1. The Morgan fingerprint density at radius 3 is 2.18 bits per heavy atom. The minimum absolute atomic E-state index is 0.193. The fraction of sp³-hybridized carbons (Fsp3) is 0.0667. The van der Waals surface area contributed by atoms with Crippen LogP contribution in [0.15, 0.2) is 96.8 Å². The fourth-order valence-corrected chi connectivity index (χ4v) is 3.88. The Bertz CT molecular complexity index is 1410. The first-order valence-corrected chi connectivity index (χ1v) is 11.0. The van der Waals surface area contributed by atoms with Gasteiger partial charge in [-0.1, -0.05) is 72.3 Å². The third-order valence-corrected chi connectivity index (χ3v) is 5.84. The average Bonchev–Trinajstić information content (AvgIpc) is 3.18. The first-order valence-electron chi connectivity index (χ1n) is 11.0. The molecule has 0 saturated carbocycles. The van der Waals surface area contributed by atoms with Crippen molar-refractivity contribution in [2.75, 3.05) is 0 Å². The maximum absolute atomic E-state index is 12.9. The average molecular weight is 447 g/mol. The van der Waals surface area contributed by atoms with Gasteiger partial charge in [-0.2, -0.15) is 0 Å². The van der Waals surface area contributed by atoms with Crippen LogP contribution in [0, 0.1) is 13.8 Å². The quantitative estimate of drug-likeness (QED) is 0.196. The molecule has 0 saturated heterocycles. The molecule has 34 heavy (non-hydrogen) atoms. The van der Waals surface area contributed by atoms with E-state index in [9.17, 15) is 9.59 Å². The van der Waals surface area contributed by atoms with Crippen molar-refractivity contribution in [2.45, 2.75) is 13.8 Å². The van der Waals surface area contributed by atoms with Crippen LogP contribution in [0.4, 0.5) is 0 Å². The molecule has 1 aliphatic rings. The molecule has 4 heteroatoms. The number of hydrogen-bond acceptors (Lipinski definition) is 4. The fourth-order valence-electron chi connectivity index (χ4n) is 3.88. The minimum atomic E-state index is -0.457. The molecule has 0 N–H and O–H groups in total. The lowest BCUT2D eigenvalue weighted by molar-refractivity contribution is 0.0733. The third kappa shape index (κ3) is 4.14. The zero-order valence-corrected chi connectivity index (χ0v) is 18.9. The Morgan fingerprint density at radius 1 is 0.794 bits per heavy atom. The Labute approximate surface area is 198 Å². The van der Waals surface area contributed by atoms with E-state index in [1.807, 2.05) is 61.5 Å². The van der Waals surface area contributed by atoms with Crippen molar-refractivity contribution in [3.63, 3.8) is 0 Å². The van der Waals surface area contributed by atoms with Crippen LogP contribution in [0.3, 0.4) is 0 Å². The van der Waals surface area contributed by atoms with Crippen LogP contribution in [-0.2, 0) is 0 Å². The summed E-state index contributed by atoms with van der Waals surface area (Å²) >= 11 is 0. The Kier molecular flexibility index (Phi) is 5.56. The van der Waals surface area contributed by atoms with E-state index >= 15 is 0 Å². The summed E-state index contributed by atoms with van der Waals surface area (Å²) in [7, 11) is 0. The highest BCUT2D eigenvalue weighted by atomic mass is 16.5. The second-order valence-electron chi connectivity index (χ2n) is 8.25. The predicted octanol–water partition coefficient (Wildman–Crippen LogP) is 6.81. The molecule has 4 aromatic rings. The Hall–Kier alpha value is -4.44. The van der Waals surface area contributed by atoms with Crippen LogP contribution in [-0.4, -0.2) is 11.8 Å². The van der Waals surface area contributed by atoms with Gasteiger partial charge in [0.2, 0.25) is 5.78 Å². The number of carbonyl (C=O) groups excluding carboxylic acids is 2. The van der Waals surface area contributed by atoms with Gasteiger partial charge in [0, 0.05) is 5.56 Å². The summed E-state index contributed by atoms with van der Waals surface area (Å²) in [5.74, 6) is 0.382. The maximum Gasteiger partial charge on any atom is 0.343 e. The van der Waals surface area contributed by atoms with E-state index in [1.165, 1.54) is 0 Å². The van der Waals surface area contributed by atoms with Crippen LogP contribution >= 0.6 is 0 Å². The van der Waals surface area contributed by atoms with Crippen LogP contribution in [0.5, 0.6) is 11.5 Å². The molecule has 0 aromatic heterocycles. The number of ketones is 1. The normalized spacial score (nSPS) is 13.5. The van der Waals surface area contributed by atoms with E-state index in [-0.39, 0.29) is 11.5 Å². The molecule has 0 aliphatic carbocycles. The van der Waals surface area contributed by atoms with E-state index in [4.69, 9.17) is 9.47 Å². The number of benzene rings is 4. The first-order chi connectivity index (χ1) is 16.5. The van der Waals surface area contributed by atoms with Gasteiger partial charge < -0.3 is 9.47 Å². The van der Waals surface area contributed by atoms with Gasteiger partial charge in [-0.25, -0.2) is 4.79 Å². The molecule has 1 aliphatic heterocycles. The standard InChI is InChI=1S/C30H22O4/c1-19-8-12-24(13-9-19)30(32)34-26-17-16-25-28(31)27(33-29(25)20(26)2)18-21-10-14-23(15-11-21)22-6-4-3-5-7-22/h3-18H,1-2H3/b27-18-. The van der Waals surface area contributed by atoms with E-state index in [0.717, 1.165) is 22.3 Å². The van der Waals surface area contributed by atoms with Crippen LogP contribution in [0.1, 0.15) is 37.4 Å². The lowest BCUT2D eigenvalue weighted by Crippen LogP contribution is -2.09. The van der Waals surface area contributed by atoms with Gasteiger partial charge in [0.05, 0.1) is 11.1 Å². The van der Waals surface area contributed by atoms with Gasteiger partial charge in [-0.05, 0) is 60.9 Å². The number of rotatable bonds is 4. The summed E-state index contributed by atoms with van der Waals surface area (Å²) in [6.45, 7) is 3.73. The van der Waals surface area contributed by atoms with Crippen LogP contribution in [0.2, 0.25) is 0 Å². The second kappa shape index (κ2) is 8.83. The molecular formula is C30H22O4. The second-order valence-corrected chi connectivity index (χ2v) is 8.25. The summed E-state index contributed by atoms with van der Waals surface area (Å²) in [4.78, 5) is 25.5. The third-order valence-electron chi connectivity index (χ3n) is 5.84.